The molecule has 4 nitrogen and oxygen atoms in total. The number of hydrogen-bond donors (Lipinski definition) is 2. The van der Waals surface area contributed by atoms with Crippen LogP contribution in [0, 0.1) is 0 Å². The number of anilines is 2. The number of nitrogens with zero attached hydrogens (tertiary/aromatic N) is 1. The first-order chi connectivity index (χ1) is 9.97. The van der Waals surface area contributed by atoms with Crippen LogP contribution >= 0.6 is 15.9 Å². The van der Waals surface area contributed by atoms with Crippen LogP contribution in [0.5, 0.6) is 0 Å². The molecule has 0 saturated heterocycles. The second kappa shape index (κ2) is 6.74. The van der Waals surface area contributed by atoms with Crippen molar-refractivity contribution in [2.24, 2.45) is 0 Å². The summed E-state index contributed by atoms with van der Waals surface area (Å²) in [6.07, 6.45) is 0. The Labute approximate surface area is 133 Å². The highest BCUT2D eigenvalue weighted by atomic mass is 79.9. The van der Waals surface area contributed by atoms with Gasteiger partial charge in [-0.05, 0) is 59.9 Å². The van der Waals surface area contributed by atoms with E-state index in [0.717, 1.165) is 22.3 Å². The molecule has 2 rings (SSSR count). The van der Waals surface area contributed by atoms with Crippen LogP contribution in [-0.2, 0) is 6.54 Å². The molecular weight excluding hydrogens is 330 g/mol. The van der Waals surface area contributed by atoms with E-state index < -0.39 is 0 Å². The average Bonchev–Trinajstić information content (AvgIpc) is 2.43. The summed E-state index contributed by atoms with van der Waals surface area (Å²) in [5.74, 6) is -0.180. The van der Waals surface area contributed by atoms with Crippen LogP contribution < -0.4 is 11.1 Å². The third kappa shape index (κ3) is 4.06. The summed E-state index contributed by atoms with van der Waals surface area (Å²) < 4.78 is 0.722. The number of nitrogens with one attached hydrogen (secondary N) is 1. The molecule has 21 heavy (non-hydrogen) atoms. The number of para-hydroxylation sites is 1. The minimum Gasteiger partial charge on any atom is -0.399 e. The zero-order valence-electron chi connectivity index (χ0n) is 12.1. The van der Waals surface area contributed by atoms with E-state index in [1.165, 1.54) is 0 Å². The lowest BCUT2D eigenvalue weighted by Crippen LogP contribution is -2.17. The summed E-state index contributed by atoms with van der Waals surface area (Å²) in [5, 5.41) is 2.95. The summed E-state index contributed by atoms with van der Waals surface area (Å²) in [6, 6.07) is 13.0. The van der Waals surface area contributed by atoms with Crippen LogP contribution in [0.3, 0.4) is 0 Å². The molecule has 2 aromatic rings. The van der Waals surface area contributed by atoms with Gasteiger partial charge in [0, 0.05) is 22.4 Å². The fourth-order valence-electron chi connectivity index (χ4n) is 2.03. The fraction of sp³-hybridized carbons (Fsp3) is 0.188. The molecule has 0 bridgehead atoms. The van der Waals surface area contributed by atoms with Crippen LogP contribution in [0.1, 0.15) is 15.9 Å². The molecule has 0 saturated carbocycles. The van der Waals surface area contributed by atoms with Crippen molar-refractivity contribution in [3.05, 3.63) is 58.1 Å². The SMILES string of the molecule is CN(C)Cc1ccccc1NC(=O)c1cc(N)ccc1Br. The highest BCUT2D eigenvalue weighted by molar-refractivity contribution is 9.10. The van der Waals surface area contributed by atoms with Gasteiger partial charge in [0.15, 0.2) is 0 Å². The van der Waals surface area contributed by atoms with E-state index >= 15 is 0 Å². The van der Waals surface area contributed by atoms with Crippen LogP contribution in [0.15, 0.2) is 46.9 Å². The van der Waals surface area contributed by atoms with E-state index in [4.69, 9.17) is 5.73 Å². The summed E-state index contributed by atoms with van der Waals surface area (Å²) in [4.78, 5) is 14.5. The van der Waals surface area contributed by atoms with Gasteiger partial charge in [0.05, 0.1) is 5.56 Å². The van der Waals surface area contributed by atoms with E-state index in [-0.39, 0.29) is 5.91 Å². The van der Waals surface area contributed by atoms with E-state index in [0.29, 0.717) is 11.3 Å². The van der Waals surface area contributed by atoms with Crippen LogP contribution in [0.25, 0.3) is 0 Å². The first-order valence-electron chi connectivity index (χ1n) is 6.56. The van der Waals surface area contributed by atoms with Gasteiger partial charge in [-0.2, -0.15) is 0 Å². The third-order valence-corrected chi connectivity index (χ3v) is 3.68. The maximum atomic E-state index is 12.4. The first kappa shape index (κ1) is 15.5. The van der Waals surface area contributed by atoms with E-state index in [1.807, 2.05) is 38.4 Å². The molecule has 0 fully saturated rings. The molecule has 5 heteroatoms. The van der Waals surface area contributed by atoms with E-state index in [1.54, 1.807) is 18.2 Å². The molecule has 2 aromatic carbocycles. The molecule has 0 heterocycles. The number of carbonyl (C=O) groups excluding carboxylic acids is 1. The number of carbonyl (C=O) groups is 1. The molecule has 3 N–H and O–H groups in total. The number of hydrogen-bond acceptors (Lipinski definition) is 3. The van der Waals surface area contributed by atoms with Gasteiger partial charge < -0.3 is 16.0 Å². The number of nitrogen functional groups attached to an aromatic ring is 1. The summed E-state index contributed by atoms with van der Waals surface area (Å²) in [6.45, 7) is 0.758. The molecule has 0 radical (unpaired) electrons. The zero-order chi connectivity index (χ0) is 15.4. The van der Waals surface area contributed by atoms with Crippen molar-refractivity contribution in [1.82, 2.24) is 4.90 Å². The summed E-state index contributed by atoms with van der Waals surface area (Å²) >= 11 is 3.38. The Hall–Kier alpha value is -1.85. The van der Waals surface area contributed by atoms with Gasteiger partial charge in [-0.3, -0.25) is 4.79 Å². The van der Waals surface area contributed by atoms with Gasteiger partial charge in [0.1, 0.15) is 0 Å². The second-order valence-corrected chi connectivity index (χ2v) is 5.94. The lowest BCUT2D eigenvalue weighted by molar-refractivity contribution is 0.102. The number of rotatable bonds is 4. The van der Waals surface area contributed by atoms with Crippen molar-refractivity contribution in [2.75, 3.05) is 25.1 Å². The van der Waals surface area contributed by atoms with Crippen molar-refractivity contribution in [2.45, 2.75) is 6.54 Å². The number of benzene rings is 2. The number of amides is 1. The van der Waals surface area contributed by atoms with Crippen molar-refractivity contribution >= 4 is 33.2 Å². The van der Waals surface area contributed by atoms with E-state index in [2.05, 4.69) is 26.1 Å². The Morgan fingerprint density at radius 3 is 2.67 bits per heavy atom. The van der Waals surface area contributed by atoms with Gasteiger partial charge in [-0.15, -0.1) is 0 Å². The van der Waals surface area contributed by atoms with Crippen LogP contribution in [-0.4, -0.2) is 24.9 Å². The standard InChI is InChI=1S/C16H18BrN3O/c1-20(2)10-11-5-3-4-6-15(11)19-16(21)13-9-12(18)7-8-14(13)17/h3-9H,10,18H2,1-2H3,(H,19,21). The molecule has 0 atom stereocenters. The van der Waals surface area contributed by atoms with Crippen LogP contribution in [0.2, 0.25) is 0 Å². The summed E-state index contributed by atoms with van der Waals surface area (Å²) in [5.41, 5.74) is 8.71. The molecule has 0 spiro atoms. The minimum atomic E-state index is -0.180. The number of halogens is 1. The molecule has 0 aliphatic heterocycles. The van der Waals surface area contributed by atoms with Crippen molar-refractivity contribution in [3.8, 4) is 0 Å². The Bertz CT molecular complexity index is 656. The summed E-state index contributed by atoms with van der Waals surface area (Å²) in [7, 11) is 3.99. The molecule has 0 aliphatic carbocycles. The first-order valence-corrected chi connectivity index (χ1v) is 7.35. The topological polar surface area (TPSA) is 58.4 Å². The van der Waals surface area contributed by atoms with Crippen LogP contribution in [0.4, 0.5) is 11.4 Å². The van der Waals surface area contributed by atoms with Gasteiger partial charge >= 0.3 is 0 Å². The predicted molar refractivity (Wildman–Crippen MR) is 90.3 cm³/mol. The minimum absolute atomic E-state index is 0.180. The normalized spacial score (nSPS) is 10.7. The Balaban J connectivity index is 2.25. The maximum absolute atomic E-state index is 12.4. The Kier molecular flexibility index (Phi) is 4.98. The maximum Gasteiger partial charge on any atom is 0.256 e. The van der Waals surface area contributed by atoms with Crippen molar-refractivity contribution < 1.29 is 4.79 Å². The quantitative estimate of drug-likeness (QED) is 0.833. The Morgan fingerprint density at radius 1 is 1.24 bits per heavy atom. The van der Waals surface area contributed by atoms with Gasteiger partial charge in [-0.1, -0.05) is 18.2 Å². The van der Waals surface area contributed by atoms with Crippen molar-refractivity contribution in [1.29, 1.82) is 0 Å². The molecule has 0 aromatic heterocycles. The van der Waals surface area contributed by atoms with Gasteiger partial charge in [0.25, 0.3) is 5.91 Å². The van der Waals surface area contributed by atoms with E-state index in [9.17, 15) is 4.79 Å². The molecule has 1 amide bonds. The lowest BCUT2D eigenvalue weighted by atomic mass is 10.1. The highest BCUT2D eigenvalue weighted by Crippen LogP contribution is 2.22. The zero-order valence-corrected chi connectivity index (χ0v) is 13.6. The molecule has 0 aliphatic rings. The Morgan fingerprint density at radius 2 is 1.95 bits per heavy atom. The molecule has 110 valence electrons. The van der Waals surface area contributed by atoms with Gasteiger partial charge in [-0.25, -0.2) is 0 Å². The monoisotopic (exact) mass is 347 g/mol. The lowest BCUT2D eigenvalue weighted by Gasteiger charge is -2.15. The third-order valence-electron chi connectivity index (χ3n) is 2.99. The average molecular weight is 348 g/mol. The number of nitrogens with two attached hydrogens (primary N) is 1. The predicted octanol–water partition coefficient (Wildman–Crippen LogP) is 3.35. The second-order valence-electron chi connectivity index (χ2n) is 5.09. The molecular formula is C16H18BrN3O. The fourth-order valence-corrected chi connectivity index (χ4v) is 2.45. The smallest absolute Gasteiger partial charge is 0.256 e. The van der Waals surface area contributed by atoms with Gasteiger partial charge in [0.2, 0.25) is 0 Å². The highest BCUT2D eigenvalue weighted by Gasteiger charge is 2.12. The van der Waals surface area contributed by atoms with Crippen molar-refractivity contribution in [3.63, 3.8) is 0 Å². The largest absolute Gasteiger partial charge is 0.399 e. The molecule has 0 unspecified atom stereocenters.